The first-order valence-electron chi connectivity index (χ1n) is 8.74. The Hall–Kier alpha value is -1.33. The minimum atomic E-state index is -0.498. The van der Waals surface area contributed by atoms with Crippen LogP contribution in [-0.2, 0) is 6.42 Å². The van der Waals surface area contributed by atoms with Crippen LogP contribution in [0.2, 0.25) is 0 Å². The van der Waals surface area contributed by atoms with E-state index >= 15 is 0 Å². The maximum Gasteiger partial charge on any atom is -0.0119 e. The van der Waals surface area contributed by atoms with E-state index in [1.807, 2.05) is 0 Å². The summed E-state index contributed by atoms with van der Waals surface area (Å²) < 4.78 is 0. The van der Waals surface area contributed by atoms with E-state index in [0.29, 0.717) is 0 Å². The van der Waals surface area contributed by atoms with Crippen LogP contribution in [0.3, 0.4) is 0 Å². The van der Waals surface area contributed by atoms with Gasteiger partial charge >= 0.3 is 0 Å². The molecule has 3 heteroatoms. The maximum atomic E-state index is 2.33. The van der Waals surface area contributed by atoms with Crippen LogP contribution in [-0.4, -0.2) is 0 Å². The molecule has 0 radical (unpaired) electrons. The van der Waals surface area contributed by atoms with Crippen molar-refractivity contribution >= 4 is 48.6 Å². The SMILES string of the molecule is CC(C)CCc1ccccc1P(c1ccccc1)c1ccccc1.Cl.Cl. The molecule has 0 nitrogen and oxygen atoms in total. The summed E-state index contributed by atoms with van der Waals surface area (Å²) in [6.45, 7) is 4.61. The van der Waals surface area contributed by atoms with Crippen LogP contribution in [0.15, 0.2) is 84.9 Å². The van der Waals surface area contributed by atoms with Crippen LogP contribution in [0.4, 0.5) is 0 Å². The van der Waals surface area contributed by atoms with E-state index in [0.717, 1.165) is 12.3 Å². The van der Waals surface area contributed by atoms with Crippen LogP contribution in [0.1, 0.15) is 25.8 Å². The molecule has 0 aliphatic heterocycles. The summed E-state index contributed by atoms with van der Waals surface area (Å²) in [4.78, 5) is 0. The molecule has 0 saturated carbocycles. The highest BCUT2D eigenvalue weighted by Crippen LogP contribution is 2.34. The number of halogens is 2. The normalized spacial score (nSPS) is 10.3. The zero-order valence-electron chi connectivity index (χ0n) is 15.3. The number of hydrogen-bond acceptors (Lipinski definition) is 0. The van der Waals surface area contributed by atoms with Crippen molar-refractivity contribution in [1.82, 2.24) is 0 Å². The predicted octanol–water partition coefficient (Wildman–Crippen LogP) is 5.88. The van der Waals surface area contributed by atoms with E-state index in [4.69, 9.17) is 0 Å². The van der Waals surface area contributed by atoms with Crippen molar-refractivity contribution in [3.8, 4) is 0 Å². The summed E-state index contributed by atoms with van der Waals surface area (Å²) in [5.41, 5.74) is 1.50. The van der Waals surface area contributed by atoms with Crippen LogP contribution in [0.5, 0.6) is 0 Å². The topological polar surface area (TPSA) is 0 Å². The number of rotatable bonds is 6. The molecule has 0 atom stereocenters. The lowest BCUT2D eigenvalue weighted by Crippen LogP contribution is -2.23. The Morgan fingerprint density at radius 1 is 0.654 bits per heavy atom. The first kappa shape index (κ1) is 22.7. The second-order valence-corrected chi connectivity index (χ2v) is 8.75. The predicted molar refractivity (Wildman–Crippen MR) is 123 cm³/mol. The van der Waals surface area contributed by atoms with E-state index < -0.39 is 7.92 Å². The molecule has 0 aromatic heterocycles. The highest BCUT2D eigenvalue weighted by molar-refractivity contribution is 7.79. The van der Waals surface area contributed by atoms with Crippen LogP contribution in [0.25, 0.3) is 0 Å². The van der Waals surface area contributed by atoms with Crippen LogP contribution >= 0.6 is 32.7 Å². The molecule has 3 rings (SSSR count). The van der Waals surface area contributed by atoms with Gasteiger partial charge in [-0.1, -0.05) is 98.8 Å². The summed E-state index contributed by atoms with van der Waals surface area (Å²) in [7, 11) is -0.498. The standard InChI is InChI=1S/C23H25P.2ClH/c1-19(2)17-18-20-11-9-10-16-23(20)24(21-12-5-3-6-13-21)22-14-7-4-8-15-22;;/h3-16,19H,17-18H2,1-2H3;2*1H. The summed E-state index contributed by atoms with van der Waals surface area (Å²) in [6.07, 6.45) is 2.40. The third kappa shape index (κ3) is 5.85. The van der Waals surface area contributed by atoms with Crippen molar-refractivity contribution in [2.45, 2.75) is 26.7 Å². The summed E-state index contributed by atoms with van der Waals surface area (Å²) in [6, 6.07) is 31.0. The van der Waals surface area contributed by atoms with Gasteiger partial charge < -0.3 is 0 Å². The quantitative estimate of drug-likeness (QED) is 0.450. The van der Waals surface area contributed by atoms with Crippen LogP contribution < -0.4 is 15.9 Å². The van der Waals surface area contributed by atoms with Gasteiger partial charge in [-0.05, 0) is 48.2 Å². The molecule has 0 spiro atoms. The Balaban J connectivity index is 0.00000169. The van der Waals surface area contributed by atoms with E-state index in [2.05, 4.69) is 98.8 Å². The molecule has 26 heavy (non-hydrogen) atoms. The largest absolute Gasteiger partial charge is 0.147 e. The molecule has 0 bridgehead atoms. The average molecular weight is 405 g/mol. The molecular weight excluding hydrogens is 378 g/mol. The van der Waals surface area contributed by atoms with E-state index in [1.165, 1.54) is 27.9 Å². The molecule has 0 fully saturated rings. The fourth-order valence-electron chi connectivity index (χ4n) is 2.97. The molecule has 3 aromatic rings. The van der Waals surface area contributed by atoms with Gasteiger partial charge in [0.25, 0.3) is 0 Å². The van der Waals surface area contributed by atoms with Gasteiger partial charge in [-0.3, -0.25) is 0 Å². The molecule has 0 amide bonds. The lowest BCUT2D eigenvalue weighted by atomic mass is 10.0. The molecule has 0 N–H and O–H groups in total. The fourth-order valence-corrected chi connectivity index (χ4v) is 5.47. The fraction of sp³-hybridized carbons (Fsp3) is 0.217. The molecule has 0 unspecified atom stereocenters. The summed E-state index contributed by atoms with van der Waals surface area (Å²) >= 11 is 0. The van der Waals surface area contributed by atoms with Crippen molar-refractivity contribution in [1.29, 1.82) is 0 Å². The smallest absolute Gasteiger partial charge is 0.0119 e. The summed E-state index contributed by atoms with van der Waals surface area (Å²) in [5.74, 6) is 0.734. The zero-order valence-corrected chi connectivity index (χ0v) is 17.9. The summed E-state index contributed by atoms with van der Waals surface area (Å²) in [5, 5.41) is 4.36. The van der Waals surface area contributed by atoms with Crippen molar-refractivity contribution in [2.24, 2.45) is 5.92 Å². The Morgan fingerprint density at radius 3 is 1.62 bits per heavy atom. The van der Waals surface area contributed by atoms with Crippen LogP contribution in [0, 0.1) is 5.92 Å². The third-order valence-electron chi connectivity index (χ3n) is 4.25. The lowest BCUT2D eigenvalue weighted by molar-refractivity contribution is 0.587. The van der Waals surface area contributed by atoms with Gasteiger partial charge in [-0.25, -0.2) is 0 Å². The first-order chi connectivity index (χ1) is 11.8. The van der Waals surface area contributed by atoms with Crippen molar-refractivity contribution < 1.29 is 0 Å². The Morgan fingerprint density at radius 2 is 1.12 bits per heavy atom. The van der Waals surface area contributed by atoms with Crippen molar-refractivity contribution in [3.05, 3.63) is 90.5 Å². The molecule has 0 heterocycles. The monoisotopic (exact) mass is 404 g/mol. The highest BCUT2D eigenvalue weighted by Gasteiger charge is 2.18. The Kier molecular flexibility index (Phi) is 9.96. The number of hydrogen-bond donors (Lipinski definition) is 0. The highest BCUT2D eigenvalue weighted by atomic mass is 35.5. The molecule has 138 valence electrons. The van der Waals surface area contributed by atoms with Gasteiger partial charge in [-0.2, -0.15) is 0 Å². The molecular formula is C23H27Cl2P. The van der Waals surface area contributed by atoms with Gasteiger partial charge in [0.05, 0.1) is 0 Å². The van der Waals surface area contributed by atoms with Gasteiger partial charge in [0.15, 0.2) is 0 Å². The average Bonchev–Trinajstić information content (AvgIpc) is 2.63. The third-order valence-corrected chi connectivity index (χ3v) is 6.80. The van der Waals surface area contributed by atoms with Crippen molar-refractivity contribution in [3.63, 3.8) is 0 Å². The van der Waals surface area contributed by atoms with E-state index in [9.17, 15) is 0 Å². The van der Waals surface area contributed by atoms with Crippen molar-refractivity contribution in [2.75, 3.05) is 0 Å². The van der Waals surface area contributed by atoms with Gasteiger partial charge in [0, 0.05) is 0 Å². The molecule has 0 saturated heterocycles. The molecule has 3 aromatic carbocycles. The second-order valence-electron chi connectivity index (χ2n) is 6.57. The lowest BCUT2D eigenvalue weighted by Gasteiger charge is -2.22. The number of aryl methyl sites for hydroxylation is 1. The minimum Gasteiger partial charge on any atom is -0.147 e. The maximum absolute atomic E-state index is 2.33. The Labute approximate surface area is 171 Å². The molecule has 0 aliphatic carbocycles. The second kappa shape index (κ2) is 11.4. The van der Waals surface area contributed by atoms with E-state index in [-0.39, 0.29) is 24.8 Å². The van der Waals surface area contributed by atoms with Gasteiger partial charge in [-0.15, -0.1) is 24.8 Å². The first-order valence-corrected chi connectivity index (χ1v) is 10.1. The van der Waals surface area contributed by atoms with Gasteiger partial charge in [0.2, 0.25) is 0 Å². The Bertz CT molecular complexity index is 718. The minimum absolute atomic E-state index is 0. The van der Waals surface area contributed by atoms with E-state index in [1.54, 1.807) is 0 Å². The van der Waals surface area contributed by atoms with Gasteiger partial charge in [0.1, 0.15) is 0 Å². The zero-order chi connectivity index (χ0) is 16.8. The number of benzene rings is 3. The molecule has 0 aliphatic rings.